The van der Waals surface area contributed by atoms with Gasteiger partial charge in [0.25, 0.3) is 0 Å². The van der Waals surface area contributed by atoms with Crippen molar-refractivity contribution in [1.29, 1.82) is 0 Å². The molecular formula is C17H14ClFO. The van der Waals surface area contributed by atoms with E-state index in [4.69, 9.17) is 11.6 Å². The number of carbonyl (C=O) groups is 1. The smallest absolute Gasteiger partial charge is 0.158 e. The van der Waals surface area contributed by atoms with E-state index in [2.05, 4.69) is 0 Å². The van der Waals surface area contributed by atoms with Crippen molar-refractivity contribution in [1.82, 2.24) is 0 Å². The molecule has 1 aliphatic carbocycles. The molecule has 0 aromatic heterocycles. The van der Waals surface area contributed by atoms with Gasteiger partial charge in [-0.15, -0.1) is 11.6 Å². The van der Waals surface area contributed by atoms with Gasteiger partial charge in [0.15, 0.2) is 5.78 Å². The predicted octanol–water partition coefficient (Wildman–Crippen LogP) is 4.48. The SMILES string of the molecule is O=C(C(Cl)c1ccc(F)cc1)C1CC1c1ccccc1. The number of benzene rings is 2. The Bertz CT molecular complexity index is 609. The minimum Gasteiger partial charge on any atom is -0.297 e. The van der Waals surface area contributed by atoms with Crippen LogP contribution in [0.15, 0.2) is 54.6 Å². The van der Waals surface area contributed by atoms with Gasteiger partial charge in [0.05, 0.1) is 0 Å². The summed E-state index contributed by atoms with van der Waals surface area (Å²) in [6, 6.07) is 15.8. The minimum atomic E-state index is -0.686. The lowest BCUT2D eigenvalue weighted by atomic mass is 10.0. The van der Waals surface area contributed by atoms with Crippen molar-refractivity contribution in [2.45, 2.75) is 17.7 Å². The van der Waals surface area contributed by atoms with Crippen LogP contribution in [0.2, 0.25) is 0 Å². The number of ketones is 1. The van der Waals surface area contributed by atoms with E-state index < -0.39 is 5.38 Å². The van der Waals surface area contributed by atoms with Crippen molar-refractivity contribution in [2.75, 3.05) is 0 Å². The van der Waals surface area contributed by atoms with E-state index in [0.717, 1.165) is 6.42 Å². The molecule has 1 fully saturated rings. The summed E-state index contributed by atoms with van der Waals surface area (Å²) in [6.07, 6.45) is 0.854. The summed E-state index contributed by atoms with van der Waals surface area (Å²) in [5.41, 5.74) is 1.85. The third-order valence-corrected chi connectivity index (χ3v) is 4.26. The normalized spacial score (nSPS) is 22.3. The van der Waals surface area contributed by atoms with E-state index in [-0.39, 0.29) is 23.4 Å². The Morgan fingerprint density at radius 2 is 1.75 bits per heavy atom. The van der Waals surface area contributed by atoms with Crippen LogP contribution in [0.4, 0.5) is 4.39 Å². The second kappa shape index (κ2) is 5.37. The van der Waals surface area contributed by atoms with Crippen LogP contribution in [0.5, 0.6) is 0 Å². The molecule has 2 aromatic rings. The van der Waals surface area contributed by atoms with Gasteiger partial charge < -0.3 is 0 Å². The highest BCUT2D eigenvalue weighted by molar-refractivity contribution is 6.31. The van der Waals surface area contributed by atoms with Gasteiger partial charge in [-0.3, -0.25) is 4.79 Å². The minimum absolute atomic E-state index is 0.00930. The molecule has 0 heterocycles. The van der Waals surface area contributed by atoms with E-state index in [1.54, 1.807) is 12.1 Å². The first-order valence-electron chi connectivity index (χ1n) is 6.65. The summed E-state index contributed by atoms with van der Waals surface area (Å²) in [7, 11) is 0. The van der Waals surface area contributed by atoms with Crippen molar-refractivity contribution in [2.24, 2.45) is 5.92 Å². The Hall–Kier alpha value is -1.67. The molecular weight excluding hydrogens is 275 g/mol. The lowest BCUT2D eigenvalue weighted by Crippen LogP contribution is -2.10. The van der Waals surface area contributed by atoms with E-state index in [0.29, 0.717) is 5.56 Å². The molecule has 0 N–H and O–H groups in total. The van der Waals surface area contributed by atoms with E-state index in [1.807, 2.05) is 30.3 Å². The Morgan fingerprint density at radius 1 is 1.10 bits per heavy atom. The number of hydrogen-bond acceptors (Lipinski definition) is 1. The van der Waals surface area contributed by atoms with Gasteiger partial charge in [-0.2, -0.15) is 0 Å². The number of Topliss-reactive ketones (excluding diaryl/α,β-unsaturated/α-hetero) is 1. The summed E-state index contributed by atoms with van der Waals surface area (Å²) in [5.74, 6) is -0.0128. The van der Waals surface area contributed by atoms with Crippen molar-refractivity contribution in [3.63, 3.8) is 0 Å². The number of hydrogen-bond donors (Lipinski definition) is 0. The van der Waals surface area contributed by atoms with E-state index in [9.17, 15) is 9.18 Å². The zero-order valence-corrected chi connectivity index (χ0v) is 11.6. The quantitative estimate of drug-likeness (QED) is 0.758. The molecule has 0 bridgehead atoms. The first-order chi connectivity index (χ1) is 9.66. The standard InChI is InChI=1S/C17H14ClFO/c18-16(12-6-8-13(19)9-7-12)17(20)15-10-14(15)11-4-2-1-3-5-11/h1-9,14-16H,10H2. The monoisotopic (exact) mass is 288 g/mol. The van der Waals surface area contributed by atoms with Crippen molar-refractivity contribution in [3.8, 4) is 0 Å². The Morgan fingerprint density at radius 3 is 2.40 bits per heavy atom. The fourth-order valence-corrected chi connectivity index (χ4v) is 2.87. The average Bonchev–Trinajstić information content (AvgIpc) is 3.28. The molecule has 0 saturated heterocycles. The van der Waals surface area contributed by atoms with Crippen LogP contribution in [-0.4, -0.2) is 5.78 Å². The van der Waals surface area contributed by atoms with Crippen LogP contribution in [-0.2, 0) is 4.79 Å². The lowest BCUT2D eigenvalue weighted by Gasteiger charge is -2.08. The molecule has 0 spiro atoms. The summed E-state index contributed by atoms with van der Waals surface area (Å²) in [5, 5.41) is -0.686. The van der Waals surface area contributed by atoms with E-state index in [1.165, 1.54) is 17.7 Å². The number of halogens is 2. The average molecular weight is 289 g/mol. The fourth-order valence-electron chi connectivity index (χ4n) is 2.56. The first-order valence-corrected chi connectivity index (χ1v) is 7.08. The topological polar surface area (TPSA) is 17.1 Å². The summed E-state index contributed by atoms with van der Waals surface area (Å²) in [4.78, 5) is 12.3. The van der Waals surface area contributed by atoms with Gasteiger partial charge in [0.1, 0.15) is 11.2 Å². The molecule has 3 atom stereocenters. The number of carbonyl (C=O) groups excluding carboxylic acids is 1. The fraction of sp³-hybridized carbons (Fsp3) is 0.235. The molecule has 0 radical (unpaired) electrons. The van der Waals surface area contributed by atoms with Crippen molar-refractivity contribution >= 4 is 17.4 Å². The summed E-state index contributed by atoms with van der Waals surface area (Å²) in [6.45, 7) is 0. The van der Waals surface area contributed by atoms with E-state index >= 15 is 0 Å². The first kappa shape index (κ1) is 13.3. The Balaban J connectivity index is 1.70. The Labute approximate surface area is 122 Å². The molecule has 3 rings (SSSR count). The van der Waals surface area contributed by atoms with Gasteiger partial charge in [0, 0.05) is 5.92 Å². The lowest BCUT2D eigenvalue weighted by molar-refractivity contribution is -0.120. The van der Waals surface area contributed by atoms with Crippen LogP contribution >= 0.6 is 11.6 Å². The summed E-state index contributed by atoms with van der Waals surface area (Å²) >= 11 is 6.22. The zero-order valence-electron chi connectivity index (χ0n) is 10.8. The number of rotatable bonds is 4. The second-order valence-electron chi connectivity index (χ2n) is 5.18. The van der Waals surface area contributed by atoms with Gasteiger partial charge >= 0.3 is 0 Å². The number of alkyl halides is 1. The molecule has 3 unspecified atom stereocenters. The molecule has 1 saturated carbocycles. The third-order valence-electron chi connectivity index (χ3n) is 3.80. The summed E-state index contributed by atoms with van der Waals surface area (Å²) < 4.78 is 12.9. The molecule has 20 heavy (non-hydrogen) atoms. The maximum atomic E-state index is 12.9. The maximum absolute atomic E-state index is 12.9. The van der Waals surface area contributed by atoms with Crippen LogP contribution in [0.25, 0.3) is 0 Å². The van der Waals surface area contributed by atoms with Crippen LogP contribution in [0.1, 0.15) is 28.8 Å². The van der Waals surface area contributed by atoms with Crippen molar-refractivity contribution < 1.29 is 9.18 Å². The van der Waals surface area contributed by atoms with Gasteiger partial charge in [-0.25, -0.2) is 4.39 Å². The van der Waals surface area contributed by atoms with Gasteiger partial charge in [0.2, 0.25) is 0 Å². The molecule has 0 amide bonds. The van der Waals surface area contributed by atoms with Crippen molar-refractivity contribution in [3.05, 3.63) is 71.5 Å². The third kappa shape index (κ3) is 2.61. The van der Waals surface area contributed by atoms with Gasteiger partial charge in [-0.1, -0.05) is 42.5 Å². The zero-order chi connectivity index (χ0) is 14.1. The highest BCUT2D eigenvalue weighted by atomic mass is 35.5. The van der Waals surface area contributed by atoms with Crippen LogP contribution < -0.4 is 0 Å². The highest BCUT2D eigenvalue weighted by Gasteiger charge is 2.45. The molecule has 2 aromatic carbocycles. The molecule has 3 heteroatoms. The van der Waals surface area contributed by atoms with Crippen LogP contribution in [0.3, 0.4) is 0 Å². The highest BCUT2D eigenvalue weighted by Crippen LogP contribution is 2.50. The van der Waals surface area contributed by atoms with Crippen LogP contribution in [0, 0.1) is 11.7 Å². The molecule has 0 aliphatic heterocycles. The largest absolute Gasteiger partial charge is 0.297 e. The predicted molar refractivity (Wildman–Crippen MR) is 77.3 cm³/mol. The maximum Gasteiger partial charge on any atom is 0.158 e. The Kier molecular flexibility index (Phi) is 3.58. The second-order valence-corrected chi connectivity index (χ2v) is 5.61. The molecule has 102 valence electrons. The molecule has 1 nitrogen and oxygen atoms in total. The molecule has 1 aliphatic rings. The van der Waals surface area contributed by atoms with Gasteiger partial charge in [-0.05, 0) is 35.6 Å².